The topological polar surface area (TPSA) is 83.2 Å². The van der Waals surface area contributed by atoms with Gasteiger partial charge in [0.05, 0.1) is 13.1 Å². The van der Waals surface area contributed by atoms with Crippen LogP contribution in [0, 0.1) is 0 Å². The van der Waals surface area contributed by atoms with Crippen LogP contribution in [0.25, 0.3) is 0 Å². The average molecular weight is 214 g/mol. The summed E-state index contributed by atoms with van der Waals surface area (Å²) in [6.07, 6.45) is 1.75. The largest absolute Gasteiger partial charge is 0.498 e. The second-order valence-corrected chi connectivity index (χ2v) is 4.16. The van der Waals surface area contributed by atoms with E-state index in [9.17, 15) is 14.7 Å². The highest BCUT2D eigenvalue weighted by Crippen LogP contribution is 2.25. The van der Waals surface area contributed by atoms with Gasteiger partial charge in [0, 0.05) is 19.3 Å². The molecule has 1 aliphatic rings. The first-order chi connectivity index (χ1) is 7.04. The minimum absolute atomic E-state index is 0.261. The Hall–Kier alpha value is -1.10. The number of carboxylic acid groups (broad SMARTS) is 1. The van der Waals surface area contributed by atoms with Crippen LogP contribution in [0.3, 0.4) is 0 Å². The number of nitrogens with two attached hydrogens (primary N) is 1. The van der Waals surface area contributed by atoms with Gasteiger partial charge >= 0.3 is 0 Å². The lowest BCUT2D eigenvalue weighted by atomic mass is 10.1. The predicted molar refractivity (Wildman–Crippen MR) is 52.5 cm³/mol. The minimum atomic E-state index is -1.16. The second kappa shape index (κ2) is 4.61. The molecule has 1 aliphatic heterocycles. The monoisotopic (exact) mass is 214 g/mol. The van der Waals surface area contributed by atoms with Gasteiger partial charge in [-0.2, -0.15) is 0 Å². The van der Waals surface area contributed by atoms with Crippen LogP contribution in [0.2, 0.25) is 0 Å². The molecule has 1 saturated heterocycles. The number of hydrogen-bond donors (Lipinski definition) is 1. The van der Waals surface area contributed by atoms with Gasteiger partial charge < -0.3 is 15.6 Å². The molecule has 2 N–H and O–H groups in total. The molecule has 0 spiro atoms. The molecule has 1 rings (SSSR count). The third-order valence-electron chi connectivity index (χ3n) is 3.22. The van der Waals surface area contributed by atoms with E-state index in [0.29, 0.717) is 19.5 Å². The molecular formula is C10H18N2O3. The average Bonchev–Trinajstić information content (AvgIpc) is 2.63. The van der Waals surface area contributed by atoms with Crippen molar-refractivity contribution in [1.82, 2.24) is 0 Å². The number of amides is 2. The first-order valence-corrected chi connectivity index (χ1v) is 5.42. The Labute approximate surface area is 89.4 Å². The Kier molecular flexibility index (Phi) is 3.68. The van der Waals surface area contributed by atoms with Gasteiger partial charge in [0.15, 0.2) is 6.04 Å². The van der Waals surface area contributed by atoms with Crippen LogP contribution >= 0.6 is 0 Å². The Bertz CT molecular complexity index is 259. The van der Waals surface area contributed by atoms with E-state index in [1.54, 1.807) is 0 Å². The van der Waals surface area contributed by atoms with Crippen molar-refractivity contribution in [2.24, 2.45) is 5.73 Å². The maximum atomic E-state index is 11.3. The van der Waals surface area contributed by atoms with Crippen molar-refractivity contribution in [3.63, 3.8) is 0 Å². The lowest BCUT2D eigenvalue weighted by Crippen LogP contribution is -2.65. The van der Waals surface area contributed by atoms with Gasteiger partial charge in [0.25, 0.3) is 12.0 Å². The summed E-state index contributed by atoms with van der Waals surface area (Å²) in [5.41, 5.74) is 5.28. The molecule has 5 heteroatoms. The molecule has 0 bridgehead atoms. The first kappa shape index (κ1) is 12.0. The molecule has 15 heavy (non-hydrogen) atoms. The molecule has 1 fully saturated rings. The Morgan fingerprint density at radius 3 is 2.27 bits per heavy atom. The summed E-state index contributed by atoms with van der Waals surface area (Å²) in [5, 5.41) is 11.2. The number of carbonyl (C=O) groups is 2. The summed E-state index contributed by atoms with van der Waals surface area (Å²) in [5.74, 6) is -0.525. The van der Waals surface area contributed by atoms with E-state index in [4.69, 9.17) is 5.73 Å². The lowest BCUT2D eigenvalue weighted by molar-refractivity contribution is -0.880. The molecule has 1 atom stereocenters. The van der Waals surface area contributed by atoms with Crippen molar-refractivity contribution in [2.75, 3.05) is 13.1 Å². The maximum Gasteiger partial charge on any atom is 0.276 e. The standard InChI is InChI=1S/C10H18N2O3/c1-2-5-8(9(11)13)12(10(14)15)6-3-4-7-12/h8H,2-7H2,1H3,(H2-,11,13,14,15). The van der Waals surface area contributed by atoms with Crippen molar-refractivity contribution in [2.45, 2.75) is 38.6 Å². The van der Waals surface area contributed by atoms with Crippen LogP contribution in [0.15, 0.2) is 0 Å². The number of likely N-dealkylation sites (tertiary alicyclic amines) is 1. The van der Waals surface area contributed by atoms with Crippen LogP contribution in [-0.4, -0.2) is 35.6 Å². The molecule has 0 saturated carbocycles. The van der Waals surface area contributed by atoms with E-state index in [2.05, 4.69) is 0 Å². The van der Waals surface area contributed by atoms with Gasteiger partial charge in [0.1, 0.15) is 0 Å². The third kappa shape index (κ3) is 2.12. The fourth-order valence-electron chi connectivity index (χ4n) is 2.43. The van der Waals surface area contributed by atoms with Crippen LogP contribution in [-0.2, 0) is 4.79 Å². The summed E-state index contributed by atoms with van der Waals surface area (Å²) < 4.78 is -0.261. The number of hydrogen-bond acceptors (Lipinski definition) is 3. The highest BCUT2D eigenvalue weighted by molar-refractivity contribution is 5.80. The van der Waals surface area contributed by atoms with Crippen molar-refractivity contribution < 1.29 is 19.2 Å². The van der Waals surface area contributed by atoms with Gasteiger partial charge in [-0.15, -0.1) is 0 Å². The first-order valence-electron chi connectivity index (χ1n) is 5.42. The molecular weight excluding hydrogens is 196 g/mol. The van der Waals surface area contributed by atoms with E-state index >= 15 is 0 Å². The zero-order chi connectivity index (χ0) is 11.5. The van der Waals surface area contributed by atoms with Crippen LogP contribution in [0.4, 0.5) is 4.79 Å². The molecule has 0 aromatic rings. The highest BCUT2D eigenvalue weighted by Gasteiger charge is 2.44. The second-order valence-electron chi connectivity index (χ2n) is 4.16. The molecule has 0 aromatic carbocycles. The van der Waals surface area contributed by atoms with Gasteiger partial charge in [-0.3, -0.25) is 9.28 Å². The van der Waals surface area contributed by atoms with E-state index in [0.717, 1.165) is 19.3 Å². The van der Waals surface area contributed by atoms with Crippen LogP contribution in [0.5, 0.6) is 0 Å². The minimum Gasteiger partial charge on any atom is -0.498 e. The van der Waals surface area contributed by atoms with Crippen LogP contribution < -0.4 is 10.8 Å². The van der Waals surface area contributed by atoms with Crippen molar-refractivity contribution >= 4 is 12.0 Å². The molecule has 2 amide bonds. The SMILES string of the molecule is CCCC(C(N)=O)[N+]1(C(=O)[O-])CCCC1. The summed E-state index contributed by atoms with van der Waals surface area (Å²) in [6, 6.07) is -0.623. The summed E-state index contributed by atoms with van der Waals surface area (Å²) in [6.45, 7) is 2.85. The number of primary amides is 1. The third-order valence-corrected chi connectivity index (χ3v) is 3.22. The summed E-state index contributed by atoms with van der Waals surface area (Å²) in [4.78, 5) is 22.5. The fourth-order valence-corrected chi connectivity index (χ4v) is 2.43. The Morgan fingerprint density at radius 1 is 1.40 bits per heavy atom. The number of quaternary nitrogens is 1. The van der Waals surface area contributed by atoms with E-state index in [-0.39, 0.29) is 4.48 Å². The number of nitrogens with zero attached hydrogens (tertiary/aromatic N) is 1. The molecule has 0 radical (unpaired) electrons. The molecule has 0 aliphatic carbocycles. The van der Waals surface area contributed by atoms with Gasteiger partial charge in [0.2, 0.25) is 0 Å². The smallest absolute Gasteiger partial charge is 0.276 e. The summed E-state index contributed by atoms with van der Waals surface area (Å²) >= 11 is 0. The zero-order valence-electron chi connectivity index (χ0n) is 9.07. The Morgan fingerprint density at radius 2 is 1.93 bits per heavy atom. The molecule has 1 heterocycles. The van der Waals surface area contributed by atoms with Gasteiger partial charge in [-0.25, -0.2) is 0 Å². The fraction of sp³-hybridized carbons (Fsp3) is 0.800. The maximum absolute atomic E-state index is 11.3. The van der Waals surface area contributed by atoms with E-state index < -0.39 is 18.0 Å². The number of rotatable bonds is 4. The zero-order valence-corrected chi connectivity index (χ0v) is 9.07. The molecule has 86 valence electrons. The van der Waals surface area contributed by atoms with E-state index in [1.807, 2.05) is 6.92 Å². The predicted octanol–water partition coefficient (Wildman–Crippen LogP) is -0.406. The van der Waals surface area contributed by atoms with Crippen molar-refractivity contribution in [3.8, 4) is 0 Å². The van der Waals surface area contributed by atoms with Gasteiger partial charge in [-0.1, -0.05) is 6.92 Å². The number of carbonyl (C=O) groups excluding carboxylic acids is 2. The van der Waals surface area contributed by atoms with Crippen molar-refractivity contribution in [1.29, 1.82) is 0 Å². The van der Waals surface area contributed by atoms with E-state index in [1.165, 1.54) is 0 Å². The normalized spacial score (nSPS) is 21.1. The molecule has 5 nitrogen and oxygen atoms in total. The quantitative estimate of drug-likeness (QED) is 0.646. The van der Waals surface area contributed by atoms with Crippen molar-refractivity contribution in [3.05, 3.63) is 0 Å². The van der Waals surface area contributed by atoms with Crippen LogP contribution in [0.1, 0.15) is 32.6 Å². The van der Waals surface area contributed by atoms with Gasteiger partial charge in [-0.05, 0) is 6.42 Å². The summed E-state index contributed by atoms with van der Waals surface area (Å²) in [7, 11) is 0. The highest BCUT2D eigenvalue weighted by atomic mass is 16.4. The molecule has 0 aromatic heterocycles. The molecule has 1 unspecified atom stereocenters. The lowest BCUT2D eigenvalue weighted by Gasteiger charge is -2.39. The Balaban J connectivity index is 2.94.